The van der Waals surface area contributed by atoms with Crippen LogP contribution in [-0.2, 0) is 0 Å². The summed E-state index contributed by atoms with van der Waals surface area (Å²) in [6.07, 6.45) is 1.87. The molecule has 2 N–H and O–H groups in total. The largest absolute Gasteiger partial charge is 0.508 e. The minimum absolute atomic E-state index is 0.00947. The molecule has 2 aromatic carbocycles. The van der Waals surface area contributed by atoms with E-state index in [9.17, 15) is 19.8 Å². The molecule has 1 atom stereocenters. The van der Waals surface area contributed by atoms with Gasteiger partial charge in [0.05, 0.1) is 5.56 Å². The lowest BCUT2D eigenvalue weighted by molar-refractivity contribution is 0.0714. The maximum absolute atomic E-state index is 12.7. The van der Waals surface area contributed by atoms with Crippen molar-refractivity contribution in [2.45, 2.75) is 25.3 Å². The first-order chi connectivity index (χ1) is 11.6. The van der Waals surface area contributed by atoms with Crippen LogP contribution < -0.4 is 0 Å². The highest BCUT2D eigenvalue weighted by Crippen LogP contribution is 2.28. The second-order valence-electron chi connectivity index (χ2n) is 5.99. The minimum atomic E-state index is -0.309. The van der Waals surface area contributed by atoms with Crippen molar-refractivity contribution in [3.8, 4) is 11.5 Å². The van der Waals surface area contributed by atoms with Gasteiger partial charge in [-0.3, -0.25) is 9.59 Å². The van der Waals surface area contributed by atoms with Gasteiger partial charge in [-0.2, -0.15) is 0 Å². The van der Waals surface area contributed by atoms with Crippen LogP contribution in [0.15, 0.2) is 48.5 Å². The van der Waals surface area contributed by atoms with Crippen LogP contribution in [-0.4, -0.2) is 39.4 Å². The first kappa shape index (κ1) is 16.1. The van der Waals surface area contributed by atoms with Crippen molar-refractivity contribution < 1.29 is 19.8 Å². The first-order valence-corrected chi connectivity index (χ1v) is 7.97. The van der Waals surface area contributed by atoms with Gasteiger partial charge in [0, 0.05) is 30.6 Å². The molecule has 0 saturated carbocycles. The molecule has 0 radical (unpaired) electrons. The lowest BCUT2D eigenvalue weighted by atomic mass is 10.0. The molecule has 1 aliphatic rings. The standard InChI is InChI=1S/C19H19NO4/c21-15-8-9-16(18(23)12-15)19(24)20-10-4-7-14(20)11-17(22)13-5-2-1-3-6-13/h1-3,5-6,8-9,12,14,21,23H,4,7,10-11H2/t14-/m0/s1. The van der Waals surface area contributed by atoms with E-state index in [1.807, 2.05) is 18.2 Å². The van der Waals surface area contributed by atoms with E-state index in [4.69, 9.17) is 0 Å². The Balaban J connectivity index is 1.75. The predicted molar refractivity (Wildman–Crippen MR) is 89.2 cm³/mol. The van der Waals surface area contributed by atoms with Crippen LogP contribution in [0.25, 0.3) is 0 Å². The van der Waals surface area contributed by atoms with Crippen LogP contribution in [0, 0.1) is 0 Å². The monoisotopic (exact) mass is 325 g/mol. The van der Waals surface area contributed by atoms with Crippen LogP contribution in [0.4, 0.5) is 0 Å². The summed E-state index contributed by atoms with van der Waals surface area (Å²) in [6, 6.07) is 12.8. The van der Waals surface area contributed by atoms with E-state index in [2.05, 4.69) is 0 Å². The van der Waals surface area contributed by atoms with Gasteiger partial charge in [-0.05, 0) is 25.0 Å². The molecular weight excluding hydrogens is 306 g/mol. The lowest BCUT2D eigenvalue weighted by Gasteiger charge is -2.24. The number of hydrogen-bond acceptors (Lipinski definition) is 4. The van der Waals surface area contributed by atoms with Gasteiger partial charge < -0.3 is 15.1 Å². The number of amides is 1. The normalized spacial score (nSPS) is 17.0. The Morgan fingerprint density at radius 2 is 1.83 bits per heavy atom. The number of Topliss-reactive ketones (excluding diaryl/α,β-unsaturated/α-hetero) is 1. The summed E-state index contributed by atoms with van der Waals surface area (Å²) in [4.78, 5) is 26.7. The predicted octanol–water partition coefficient (Wildman–Crippen LogP) is 2.98. The fourth-order valence-corrected chi connectivity index (χ4v) is 3.13. The van der Waals surface area contributed by atoms with E-state index in [1.165, 1.54) is 12.1 Å². The van der Waals surface area contributed by atoms with Crippen LogP contribution in [0.3, 0.4) is 0 Å². The summed E-state index contributed by atoms with van der Waals surface area (Å²) >= 11 is 0. The maximum atomic E-state index is 12.7. The fourth-order valence-electron chi connectivity index (χ4n) is 3.13. The van der Waals surface area contributed by atoms with Gasteiger partial charge in [-0.1, -0.05) is 30.3 Å². The van der Waals surface area contributed by atoms with Gasteiger partial charge in [0.25, 0.3) is 5.91 Å². The van der Waals surface area contributed by atoms with E-state index in [-0.39, 0.29) is 41.2 Å². The second kappa shape index (κ2) is 6.74. The molecule has 24 heavy (non-hydrogen) atoms. The average Bonchev–Trinajstić information content (AvgIpc) is 3.03. The van der Waals surface area contributed by atoms with Gasteiger partial charge in [-0.25, -0.2) is 0 Å². The summed E-state index contributed by atoms with van der Waals surface area (Å²) in [5.74, 6) is -0.646. The van der Waals surface area contributed by atoms with Gasteiger partial charge in [-0.15, -0.1) is 0 Å². The Bertz CT molecular complexity index is 757. The fraction of sp³-hybridized carbons (Fsp3) is 0.263. The van der Waals surface area contributed by atoms with E-state index in [0.717, 1.165) is 18.9 Å². The quantitative estimate of drug-likeness (QED) is 0.847. The van der Waals surface area contributed by atoms with Gasteiger partial charge in [0.2, 0.25) is 0 Å². The Morgan fingerprint density at radius 3 is 2.54 bits per heavy atom. The third kappa shape index (κ3) is 3.25. The molecular formula is C19H19NO4. The minimum Gasteiger partial charge on any atom is -0.508 e. The van der Waals surface area contributed by atoms with E-state index < -0.39 is 0 Å². The first-order valence-electron chi connectivity index (χ1n) is 7.97. The topological polar surface area (TPSA) is 77.8 Å². The van der Waals surface area contributed by atoms with Crippen molar-refractivity contribution in [2.24, 2.45) is 0 Å². The molecule has 5 heteroatoms. The molecule has 5 nitrogen and oxygen atoms in total. The zero-order valence-electron chi connectivity index (χ0n) is 13.2. The molecule has 1 aliphatic heterocycles. The van der Waals surface area contributed by atoms with Crippen LogP contribution in [0.5, 0.6) is 11.5 Å². The molecule has 0 unspecified atom stereocenters. The van der Waals surface area contributed by atoms with Crippen molar-refractivity contribution in [3.05, 3.63) is 59.7 Å². The van der Waals surface area contributed by atoms with E-state index in [0.29, 0.717) is 12.1 Å². The third-order valence-corrected chi connectivity index (χ3v) is 4.37. The number of carbonyl (C=O) groups excluding carboxylic acids is 2. The highest BCUT2D eigenvalue weighted by atomic mass is 16.3. The number of nitrogens with zero attached hydrogens (tertiary/aromatic N) is 1. The Labute approximate surface area is 140 Å². The number of phenols is 2. The molecule has 124 valence electrons. The number of rotatable bonds is 4. The smallest absolute Gasteiger partial charge is 0.257 e. The van der Waals surface area contributed by atoms with Gasteiger partial charge in [0.15, 0.2) is 5.78 Å². The Kier molecular flexibility index (Phi) is 4.51. The van der Waals surface area contributed by atoms with Crippen molar-refractivity contribution >= 4 is 11.7 Å². The van der Waals surface area contributed by atoms with E-state index in [1.54, 1.807) is 17.0 Å². The molecule has 1 saturated heterocycles. The van der Waals surface area contributed by atoms with Crippen LogP contribution in [0.2, 0.25) is 0 Å². The Morgan fingerprint density at radius 1 is 1.08 bits per heavy atom. The SMILES string of the molecule is O=C(C[C@@H]1CCCN1C(=O)c1ccc(O)cc1O)c1ccccc1. The number of likely N-dealkylation sites (tertiary alicyclic amines) is 1. The highest BCUT2D eigenvalue weighted by molar-refractivity contribution is 5.99. The molecule has 0 bridgehead atoms. The van der Waals surface area contributed by atoms with Crippen LogP contribution in [0.1, 0.15) is 40.0 Å². The summed E-state index contributed by atoms with van der Waals surface area (Å²) in [5.41, 5.74) is 0.788. The van der Waals surface area contributed by atoms with Crippen molar-refractivity contribution in [3.63, 3.8) is 0 Å². The van der Waals surface area contributed by atoms with E-state index >= 15 is 0 Å². The molecule has 0 spiro atoms. The summed E-state index contributed by atoms with van der Waals surface area (Å²) < 4.78 is 0. The number of benzene rings is 2. The zero-order chi connectivity index (χ0) is 17.1. The molecule has 1 amide bonds. The molecule has 0 aromatic heterocycles. The Hall–Kier alpha value is -2.82. The number of phenolic OH excluding ortho intramolecular Hbond substituents is 2. The lowest BCUT2D eigenvalue weighted by Crippen LogP contribution is -2.36. The highest BCUT2D eigenvalue weighted by Gasteiger charge is 2.32. The number of hydrogen-bond donors (Lipinski definition) is 2. The van der Waals surface area contributed by atoms with Crippen molar-refractivity contribution in [2.75, 3.05) is 6.54 Å². The summed E-state index contributed by atoms with van der Waals surface area (Å²) in [7, 11) is 0. The maximum Gasteiger partial charge on any atom is 0.257 e. The second-order valence-corrected chi connectivity index (χ2v) is 5.99. The summed E-state index contributed by atoms with van der Waals surface area (Å²) in [6.45, 7) is 0.561. The average molecular weight is 325 g/mol. The van der Waals surface area contributed by atoms with Gasteiger partial charge in [0.1, 0.15) is 11.5 Å². The molecule has 0 aliphatic carbocycles. The molecule has 1 heterocycles. The third-order valence-electron chi connectivity index (χ3n) is 4.37. The van der Waals surface area contributed by atoms with Crippen molar-refractivity contribution in [1.82, 2.24) is 4.90 Å². The molecule has 1 fully saturated rings. The number of carbonyl (C=O) groups is 2. The number of ketones is 1. The van der Waals surface area contributed by atoms with Crippen molar-refractivity contribution in [1.29, 1.82) is 0 Å². The summed E-state index contributed by atoms with van der Waals surface area (Å²) in [5, 5.41) is 19.2. The van der Waals surface area contributed by atoms with Gasteiger partial charge >= 0.3 is 0 Å². The zero-order valence-corrected chi connectivity index (χ0v) is 13.2. The number of aromatic hydroxyl groups is 2. The molecule has 3 rings (SSSR count). The molecule has 2 aromatic rings. The van der Waals surface area contributed by atoms with Crippen LogP contribution >= 0.6 is 0 Å².